The lowest BCUT2D eigenvalue weighted by Gasteiger charge is -2.23. The first-order valence-electron chi connectivity index (χ1n) is 9.28. The molecule has 0 radical (unpaired) electrons. The summed E-state index contributed by atoms with van der Waals surface area (Å²) in [6, 6.07) is 16.3. The van der Waals surface area contributed by atoms with Crippen molar-refractivity contribution in [3.8, 4) is 11.5 Å². The zero-order valence-corrected chi connectivity index (χ0v) is 15.6. The van der Waals surface area contributed by atoms with Gasteiger partial charge in [0.05, 0.1) is 13.7 Å². The van der Waals surface area contributed by atoms with Gasteiger partial charge in [0.25, 0.3) is 0 Å². The summed E-state index contributed by atoms with van der Waals surface area (Å²) in [5, 5.41) is 0. The van der Waals surface area contributed by atoms with Gasteiger partial charge >= 0.3 is 0 Å². The van der Waals surface area contributed by atoms with E-state index in [1.807, 2.05) is 60.4 Å². The monoisotopic (exact) mass is 353 g/mol. The molecule has 0 unspecified atom stereocenters. The summed E-state index contributed by atoms with van der Waals surface area (Å²) in [7, 11) is 1.66. The van der Waals surface area contributed by atoms with Gasteiger partial charge in [-0.25, -0.2) is 0 Å². The van der Waals surface area contributed by atoms with Crippen LogP contribution in [0.5, 0.6) is 11.5 Å². The summed E-state index contributed by atoms with van der Waals surface area (Å²) < 4.78 is 11.0. The Balaban J connectivity index is 1.48. The lowest BCUT2D eigenvalue weighted by atomic mass is 10.2. The van der Waals surface area contributed by atoms with Crippen molar-refractivity contribution in [2.75, 3.05) is 13.7 Å². The maximum absolute atomic E-state index is 12.7. The van der Waals surface area contributed by atoms with Crippen molar-refractivity contribution in [3.05, 3.63) is 59.7 Å². The van der Waals surface area contributed by atoms with Crippen LogP contribution in [0.1, 0.15) is 36.8 Å². The average molecular weight is 353 g/mol. The third kappa shape index (κ3) is 5.01. The van der Waals surface area contributed by atoms with E-state index < -0.39 is 0 Å². The second-order valence-corrected chi connectivity index (χ2v) is 6.82. The number of carbonyl (C=O) groups excluding carboxylic acids is 1. The van der Waals surface area contributed by atoms with Gasteiger partial charge in [0, 0.05) is 19.0 Å². The summed E-state index contributed by atoms with van der Waals surface area (Å²) in [4.78, 5) is 14.7. The van der Waals surface area contributed by atoms with Gasteiger partial charge in [-0.1, -0.05) is 30.3 Å². The Kier molecular flexibility index (Phi) is 6.16. The number of carbonyl (C=O) groups is 1. The van der Waals surface area contributed by atoms with Crippen LogP contribution in [0.4, 0.5) is 0 Å². The molecule has 138 valence electrons. The van der Waals surface area contributed by atoms with Crippen molar-refractivity contribution in [3.63, 3.8) is 0 Å². The van der Waals surface area contributed by atoms with Gasteiger partial charge < -0.3 is 14.4 Å². The van der Waals surface area contributed by atoms with Crippen molar-refractivity contribution >= 4 is 5.91 Å². The third-order valence-corrected chi connectivity index (χ3v) is 4.71. The van der Waals surface area contributed by atoms with Crippen LogP contribution in [-0.4, -0.2) is 30.6 Å². The number of methoxy groups -OCH3 is 1. The predicted octanol–water partition coefficient (Wildman–Crippen LogP) is 4.35. The first kappa shape index (κ1) is 18.3. The SMILES string of the molecule is COc1ccc(CN(C(=O)CCCOc2ccccc2C)C2CC2)cc1. The molecule has 26 heavy (non-hydrogen) atoms. The molecule has 0 bridgehead atoms. The molecule has 1 aliphatic carbocycles. The number of benzene rings is 2. The summed E-state index contributed by atoms with van der Waals surface area (Å²) in [5.41, 5.74) is 2.26. The molecule has 1 aliphatic rings. The number of rotatable bonds is 9. The highest BCUT2D eigenvalue weighted by Crippen LogP contribution is 2.29. The molecule has 0 aromatic heterocycles. The van der Waals surface area contributed by atoms with E-state index in [1.165, 1.54) is 0 Å². The van der Waals surface area contributed by atoms with E-state index in [2.05, 4.69) is 0 Å². The van der Waals surface area contributed by atoms with Crippen LogP contribution >= 0.6 is 0 Å². The molecule has 0 spiro atoms. The largest absolute Gasteiger partial charge is 0.497 e. The molecule has 0 heterocycles. The minimum absolute atomic E-state index is 0.219. The Morgan fingerprint density at radius 1 is 1.12 bits per heavy atom. The summed E-state index contributed by atoms with van der Waals surface area (Å²) in [6.45, 7) is 3.27. The molecule has 0 N–H and O–H groups in total. The van der Waals surface area contributed by atoms with Crippen molar-refractivity contribution in [2.45, 2.75) is 45.2 Å². The molecule has 0 saturated heterocycles. The quantitative estimate of drug-likeness (QED) is 0.629. The van der Waals surface area contributed by atoms with Crippen molar-refractivity contribution < 1.29 is 14.3 Å². The van der Waals surface area contributed by atoms with Gasteiger partial charge in [-0.2, -0.15) is 0 Å². The van der Waals surface area contributed by atoms with E-state index in [-0.39, 0.29) is 5.91 Å². The fourth-order valence-corrected chi connectivity index (χ4v) is 3.00. The molecule has 4 heteroatoms. The van der Waals surface area contributed by atoms with E-state index in [1.54, 1.807) is 7.11 Å². The summed E-state index contributed by atoms with van der Waals surface area (Å²) in [6.07, 6.45) is 3.49. The molecular weight excluding hydrogens is 326 g/mol. The number of nitrogens with zero attached hydrogens (tertiary/aromatic N) is 1. The fourth-order valence-electron chi connectivity index (χ4n) is 3.00. The molecule has 1 fully saturated rings. The molecule has 0 atom stereocenters. The highest BCUT2D eigenvalue weighted by atomic mass is 16.5. The number of amides is 1. The average Bonchev–Trinajstić information content (AvgIpc) is 3.50. The Bertz CT molecular complexity index is 722. The first-order chi connectivity index (χ1) is 12.7. The van der Waals surface area contributed by atoms with Crippen LogP contribution in [-0.2, 0) is 11.3 Å². The van der Waals surface area contributed by atoms with Crippen LogP contribution in [0.3, 0.4) is 0 Å². The molecule has 3 rings (SSSR count). The Morgan fingerprint density at radius 2 is 1.85 bits per heavy atom. The Hall–Kier alpha value is -2.49. The lowest BCUT2D eigenvalue weighted by molar-refractivity contribution is -0.132. The van der Waals surface area contributed by atoms with Crippen LogP contribution in [0.2, 0.25) is 0 Å². The Morgan fingerprint density at radius 3 is 2.50 bits per heavy atom. The van der Waals surface area contributed by atoms with Crippen molar-refractivity contribution in [2.24, 2.45) is 0 Å². The van der Waals surface area contributed by atoms with Crippen LogP contribution in [0, 0.1) is 6.92 Å². The highest BCUT2D eigenvalue weighted by molar-refractivity contribution is 5.76. The van der Waals surface area contributed by atoms with Gasteiger partial charge in [0.1, 0.15) is 11.5 Å². The smallest absolute Gasteiger partial charge is 0.223 e. The van der Waals surface area contributed by atoms with Gasteiger partial charge in [-0.3, -0.25) is 4.79 Å². The lowest BCUT2D eigenvalue weighted by Crippen LogP contribution is -2.32. The van der Waals surface area contributed by atoms with Crippen LogP contribution in [0.25, 0.3) is 0 Å². The first-order valence-corrected chi connectivity index (χ1v) is 9.28. The number of hydrogen-bond acceptors (Lipinski definition) is 3. The van der Waals surface area contributed by atoms with E-state index >= 15 is 0 Å². The molecule has 4 nitrogen and oxygen atoms in total. The second kappa shape index (κ2) is 8.75. The van der Waals surface area contributed by atoms with E-state index in [9.17, 15) is 4.79 Å². The number of hydrogen-bond donors (Lipinski definition) is 0. The molecule has 1 saturated carbocycles. The normalized spacial score (nSPS) is 13.3. The zero-order chi connectivity index (χ0) is 18.4. The fraction of sp³-hybridized carbons (Fsp3) is 0.409. The minimum atomic E-state index is 0.219. The summed E-state index contributed by atoms with van der Waals surface area (Å²) >= 11 is 0. The standard InChI is InChI=1S/C22H27NO3/c1-17-6-3-4-7-21(17)26-15-5-8-22(24)23(19-11-12-19)16-18-9-13-20(25-2)14-10-18/h3-4,6-7,9-10,13-14,19H,5,8,11-12,15-16H2,1-2H3. The molecule has 0 aliphatic heterocycles. The number of para-hydroxylation sites is 1. The molecule has 1 amide bonds. The molecular formula is C22H27NO3. The van der Waals surface area contributed by atoms with Gasteiger partial charge in [-0.05, 0) is 55.5 Å². The van der Waals surface area contributed by atoms with Crippen molar-refractivity contribution in [1.29, 1.82) is 0 Å². The number of ether oxygens (including phenoxy) is 2. The predicted molar refractivity (Wildman–Crippen MR) is 102 cm³/mol. The van der Waals surface area contributed by atoms with Gasteiger partial charge in [0.2, 0.25) is 5.91 Å². The molecule has 2 aromatic rings. The maximum atomic E-state index is 12.7. The Labute approximate surface area is 155 Å². The maximum Gasteiger partial charge on any atom is 0.223 e. The van der Waals surface area contributed by atoms with E-state index in [0.717, 1.165) is 41.9 Å². The van der Waals surface area contributed by atoms with Crippen molar-refractivity contribution in [1.82, 2.24) is 4.90 Å². The topological polar surface area (TPSA) is 38.8 Å². The zero-order valence-electron chi connectivity index (χ0n) is 15.6. The summed E-state index contributed by atoms with van der Waals surface area (Å²) in [5.74, 6) is 1.96. The van der Waals surface area contributed by atoms with Crippen LogP contribution < -0.4 is 9.47 Å². The third-order valence-electron chi connectivity index (χ3n) is 4.71. The minimum Gasteiger partial charge on any atom is -0.497 e. The number of aryl methyl sites for hydroxylation is 1. The van der Waals surface area contributed by atoms with Gasteiger partial charge in [0.15, 0.2) is 0 Å². The second-order valence-electron chi connectivity index (χ2n) is 6.82. The van der Waals surface area contributed by atoms with Crippen LogP contribution in [0.15, 0.2) is 48.5 Å². The molecule has 2 aromatic carbocycles. The highest BCUT2D eigenvalue weighted by Gasteiger charge is 2.32. The van der Waals surface area contributed by atoms with E-state index in [4.69, 9.17) is 9.47 Å². The van der Waals surface area contributed by atoms with Gasteiger partial charge in [-0.15, -0.1) is 0 Å². The van der Waals surface area contributed by atoms with E-state index in [0.29, 0.717) is 25.6 Å².